The van der Waals surface area contributed by atoms with Gasteiger partial charge in [-0.1, -0.05) is 23.7 Å². The molecule has 7 heteroatoms. The number of amides is 2. The van der Waals surface area contributed by atoms with Gasteiger partial charge in [0, 0.05) is 36.6 Å². The highest BCUT2D eigenvalue weighted by Gasteiger charge is 2.28. The molecule has 1 heterocycles. The van der Waals surface area contributed by atoms with E-state index in [0.717, 1.165) is 10.6 Å². The second kappa shape index (κ2) is 9.34. The molecule has 2 aromatic rings. The summed E-state index contributed by atoms with van der Waals surface area (Å²) in [5.41, 5.74) is 0.628. The maximum atomic E-state index is 12.8. The molecule has 0 bridgehead atoms. The number of carbonyl (C=O) groups excluding carboxylic acids is 2. The quantitative estimate of drug-likeness (QED) is 0.693. The molecule has 5 nitrogen and oxygen atoms in total. The van der Waals surface area contributed by atoms with Crippen LogP contribution in [0.4, 0.5) is 0 Å². The molecule has 3 rings (SSSR count). The van der Waals surface area contributed by atoms with Crippen molar-refractivity contribution in [1.29, 1.82) is 0 Å². The zero-order valence-corrected chi connectivity index (χ0v) is 17.5. The number of piperazine rings is 1. The number of hydrogen-bond acceptors (Lipinski definition) is 4. The van der Waals surface area contributed by atoms with Crippen LogP contribution in [0, 0.1) is 0 Å². The second-order valence-corrected chi connectivity index (χ2v) is 8.33. The second-order valence-electron chi connectivity index (χ2n) is 6.54. The Morgan fingerprint density at radius 1 is 1.00 bits per heavy atom. The molecule has 0 radical (unpaired) electrons. The minimum atomic E-state index is -0.233. The summed E-state index contributed by atoms with van der Waals surface area (Å²) in [4.78, 5) is 29.9. The van der Waals surface area contributed by atoms with Crippen LogP contribution in [0.5, 0.6) is 5.75 Å². The van der Waals surface area contributed by atoms with E-state index in [1.807, 2.05) is 36.1 Å². The molecule has 1 fully saturated rings. The molecule has 1 saturated heterocycles. The average molecular weight is 419 g/mol. The monoisotopic (exact) mass is 418 g/mol. The van der Waals surface area contributed by atoms with E-state index in [4.69, 9.17) is 16.3 Å². The summed E-state index contributed by atoms with van der Waals surface area (Å²) >= 11 is 7.66. The van der Waals surface area contributed by atoms with E-state index in [1.54, 1.807) is 36.3 Å². The van der Waals surface area contributed by atoms with Crippen LogP contribution in [0.25, 0.3) is 0 Å². The van der Waals surface area contributed by atoms with Crippen molar-refractivity contribution in [1.82, 2.24) is 9.80 Å². The van der Waals surface area contributed by atoms with Gasteiger partial charge in [0.2, 0.25) is 5.91 Å². The largest absolute Gasteiger partial charge is 0.497 e. The van der Waals surface area contributed by atoms with E-state index >= 15 is 0 Å². The third-order valence-electron chi connectivity index (χ3n) is 4.70. The smallest absolute Gasteiger partial charge is 0.253 e. The van der Waals surface area contributed by atoms with Gasteiger partial charge >= 0.3 is 0 Å². The highest BCUT2D eigenvalue weighted by Crippen LogP contribution is 2.31. The number of thioether (sulfide) groups is 1. The number of methoxy groups -OCH3 is 1. The van der Waals surface area contributed by atoms with E-state index < -0.39 is 0 Å². The van der Waals surface area contributed by atoms with Crippen molar-refractivity contribution in [3.63, 3.8) is 0 Å². The molecule has 0 aromatic heterocycles. The third-order valence-corrected chi connectivity index (χ3v) is 6.31. The molecule has 1 aliphatic rings. The number of hydrogen-bond donors (Lipinski definition) is 0. The number of carbonyl (C=O) groups is 2. The van der Waals surface area contributed by atoms with Gasteiger partial charge in [-0.3, -0.25) is 9.59 Å². The van der Waals surface area contributed by atoms with Crippen LogP contribution in [0.15, 0.2) is 53.4 Å². The third kappa shape index (κ3) is 4.80. The Kier molecular flexibility index (Phi) is 6.86. The summed E-state index contributed by atoms with van der Waals surface area (Å²) < 4.78 is 5.13. The van der Waals surface area contributed by atoms with Crippen LogP contribution in [0.1, 0.15) is 17.3 Å². The van der Waals surface area contributed by atoms with Gasteiger partial charge in [0.15, 0.2) is 0 Å². The summed E-state index contributed by atoms with van der Waals surface area (Å²) in [5, 5.41) is 0.422. The zero-order chi connectivity index (χ0) is 20.1. The first-order valence-corrected chi connectivity index (χ1v) is 10.4. The molecule has 0 spiro atoms. The van der Waals surface area contributed by atoms with E-state index in [1.165, 1.54) is 11.8 Å². The first-order valence-electron chi connectivity index (χ1n) is 9.13. The van der Waals surface area contributed by atoms with Crippen molar-refractivity contribution in [2.75, 3.05) is 33.3 Å². The number of halogens is 1. The predicted molar refractivity (Wildman–Crippen MR) is 112 cm³/mol. The van der Waals surface area contributed by atoms with Crippen molar-refractivity contribution >= 4 is 35.2 Å². The van der Waals surface area contributed by atoms with E-state index in [-0.39, 0.29) is 17.1 Å². The Labute approximate surface area is 174 Å². The lowest BCUT2D eigenvalue weighted by Crippen LogP contribution is -2.52. The van der Waals surface area contributed by atoms with Gasteiger partial charge in [0.25, 0.3) is 5.91 Å². The van der Waals surface area contributed by atoms with Gasteiger partial charge in [0.1, 0.15) is 5.75 Å². The molecule has 1 unspecified atom stereocenters. The summed E-state index contributed by atoms with van der Waals surface area (Å²) in [5.74, 6) is 0.770. The first-order chi connectivity index (χ1) is 13.5. The molecule has 28 heavy (non-hydrogen) atoms. The van der Waals surface area contributed by atoms with Crippen molar-refractivity contribution in [3.8, 4) is 5.75 Å². The lowest BCUT2D eigenvalue weighted by Gasteiger charge is -2.36. The highest BCUT2D eigenvalue weighted by atomic mass is 35.5. The predicted octanol–water partition coefficient (Wildman–Crippen LogP) is 3.81. The summed E-state index contributed by atoms with van der Waals surface area (Å²) in [6.45, 7) is 4.02. The Morgan fingerprint density at radius 3 is 2.21 bits per heavy atom. The summed E-state index contributed by atoms with van der Waals surface area (Å²) in [7, 11) is 1.60. The Morgan fingerprint density at radius 2 is 1.61 bits per heavy atom. The molecular weight excluding hydrogens is 396 g/mol. The first kappa shape index (κ1) is 20.6. The topological polar surface area (TPSA) is 49.9 Å². The van der Waals surface area contributed by atoms with Crippen molar-refractivity contribution in [3.05, 3.63) is 59.1 Å². The fraction of sp³-hybridized carbons (Fsp3) is 0.333. The fourth-order valence-corrected chi connectivity index (χ4v) is 4.32. The van der Waals surface area contributed by atoms with E-state index in [2.05, 4.69) is 0 Å². The SMILES string of the molecule is COc1ccc(C(=O)N2CCN(C(=O)C(C)Sc3ccccc3Cl)CC2)cc1. The summed E-state index contributed by atoms with van der Waals surface area (Å²) in [6, 6.07) is 14.6. The van der Waals surface area contributed by atoms with E-state index in [9.17, 15) is 9.59 Å². The van der Waals surface area contributed by atoms with Gasteiger partial charge in [-0.05, 0) is 43.3 Å². The van der Waals surface area contributed by atoms with Crippen molar-refractivity contribution in [2.45, 2.75) is 17.1 Å². The van der Waals surface area contributed by atoms with Gasteiger partial charge in [-0.15, -0.1) is 11.8 Å². The van der Waals surface area contributed by atoms with Crippen LogP contribution in [-0.2, 0) is 4.79 Å². The molecule has 1 aliphatic heterocycles. The Hall–Kier alpha value is -2.18. The lowest BCUT2D eigenvalue weighted by atomic mass is 10.1. The number of benzene rings is 2. The van der Waals surface area contributed by atoms with E-state index in [0.29, 0.717) is 36.8 Å². The van der Waals surface area contributed by atoms with Crippen molar-refractivity contribution in [2.24, 2.45) is 0 Å². The van der Waals surface area contributed by atoms with Gasteiger partial charge in [-0.2, -0.15) is 0 Å². The van der Waals surface area contributed by atoms with Gasteiger partial charge in [-0.25, -0.2) is 0 Å². The van der Waals surface area contributed by atoms with Crippen molar-refractivity contribution < 1.29 is 14.3 Å². The summed E-state index contributed by atoms with van der Waals surface area (Å²) in [6.07, 6.45) is 0. The van der Waals surface area contributed by atoms with Crippen LogP contribution >= 0.6 is 23.4 Å². The lowest BCUT2D eigenvalue weighted by molar-refractivity contribution is -0.131. The molecular formula is C21H23ClN2O3S. The van der Waals surface area contributed by atoms with Gasteiger partial charge < -0.3 is 14.5 Å². The number of ether oxygens (including phenoxy) is 1. The van der Waals surface area contributed by atoms with Gasteiger partial charge in [0.05, 0.1) is 17.4 Å². The van der Waals surface area contributed by atoms with Crippen LogP contribution in [0.3, 0.4) is 0 Å². The van der Waals surface area contributed by atoms with Crippen LogP contribution in [-0.4, -0.2) is 60.2 Å². The highest BCUT2D eigenvalue weighted by molar-refractivity contribution is 8.00. The standard InChI is InChI=1S/C21H23ClN2O3S/c1-15(28-19-6-4-3-5-18(19)22)20(25)23-11-13-24(14-12-23)21(26)16-7-9-17(27-2)10-8-16/h3-10,15H,11-14H2,1-2H3. The molecule has 2 aromatic carbocycles. The molecule has 1 atom stereocenters. The molecule has 0 N–H and O–H groups in total. The fourth-order valence-electron chi connectivity index (χ4n) is 3.08. The molecule has 148 valence electrons. The normalized spacial score (nSPS) is 15.2. The maximum absolute atomic E-state index is 12.8. The minimum absolute atomic E-state index is 0.0201. The Balaban J connectivity index is 1.54. The molecule has 2 amide bonds. The average Bonchev–Trinajstić information content (AvgIpc) is 2.74. The number of nitrogens with zero attached hydrogens (tertiary/aromatic N) is 2. The van der Waals surface area contributed by atoms with Crippen LogP contribution in [0.2, 0.25) is 5.02 Å². The molecule has 0 aliphatic carbocycles. The zero-order valence-electron chi connectivity index (χ0n) is 15.9. The molecule has 0 saturated carbocycles. The Bertz CT molecular complexity index is 836. The number of rotatable bonds is 5. The maximum Gasteiger partial charge on any atom is 0.253 e. The van der Waals surface area contributed by atoms with Crippen LogP contribution < -0.4 is 4.74 Å². The minimum Gasteiger partial charge on any atom is -0.497 e.